The number of aromatic carboxylic acids is 1. The molecule has 2 N–H and O–H groups in total. The largest absolute Gasteiger partial charge is 0.478 e. The van der Waals surface area contributed by atoms with Gasteiger partial charge in [-0.3, -0.25) is 0 Å². The Morgan fingerprint density at radius 3 is 2.94 bits per heavy atom. The Bertz CT molecular complexity index is 439. The Morgan fingerprint density at radius 1 is 1.59 bits per heavy atom. The van der Waals surface area contributed by atoms with Crippen LogP contribution in [0.25, 0.3) is 0 Å². The minimum Gasteiger partial charge on any atom is -0.478 e. The Hall–Kier alpha value is -1.23. The van der Waals surface area contributed by atoms with Crippen molar-refractivity contribution in [1.29, 1.82) is 0 Å². The molecule has 1 heterocycles. The maximum absolute atomic E-state index is 13.2. The highest BCUT2D eigenvalue weighted by Crippen LogP contribution is 2.29. The number of nitrogens with one attached hydrogen (secondary N) is 1. The lowest BCUT2D eigenvalue weighted by Gasteiger charge is -2.18. The highest BCUT2D eigenvalue weighted by atomic mass is 32.2. The topological polar surface area (TPSA) is 49.3 Å². The molecule has 92 valence electrons. The summed E-state index contributed by atoms with van der Waals surface area (Å²) in [6.07, 6.45) is 1.05. The van der Waals surface area contributed by atoms with E-state index in [9.17, 15) is 9.18 Å². The van der Waals surface area contributed by atoms with E-state index in [1.54, 1.807) is 6.07 Å². The molecule has 0 aliphatic carbocycles. The number of halogens is 1. The van der Waals surface area contributed by atoms with Gasteiger partial charge < -0.3 is 10.4 Å². The highest BCUT2D eigenvalue weighted by molar-refractivity contribution is 8.00. The van der Waals surface area contributed by atoms with Gasteiger partial charge in [-0.15, -0.1) is 0 Å². The zero-order valence-electron chi connectivity index (χ0n) is 9.44. The first-order valence-electron chi connectivity index (χ1n) is 5.49. The van der Waals surface area contributed by atoms with Crippen molar-refractivity contribution in [3.63, 3.8) is 0 Å². The molecule has 2 unspecified atom stereocenters. The van der Waals surface area contributed by atoms with Crippen molar-refractivity contribution >= 4 is 23.4 Å². The van der Waals surface area contributed by atoms with E-state index in [-0.39, 0.29) is 5.56 Å². The molecule has 1 aliphatic heterocycles. The Labute approximate surface area is 103 Å². The molecule has 0 spiro atoms. The van der Waals surface area contributed by atoms with E-state index in [4.69, 9.17) is 5.11 Å². The zero-order valence-corrected chi connectivity index (χ0v) is 10.3. The lowest BCUT2D eigenvalue weighted by Crippen LogP contribution is -2.24. The average Bonchev–Trinajstić information content (AvgIpc) is 2.67. The molecule has 5 heteroatoms. The molecule has 0 amide bonds. The first-order valence-corrected chi connectivity index (χ1v) is 6.54. The lowest BCUT2D eigenvalue weighted by atomic mass is 10.1. The van der Waals surface area contributed by atoms with E-state index >= 15 is 0 Å². The third-order valence-electron chi connectivity index (χ3n) is 2.93. The van der Waals surface area contributed by atoms with Crippen LogP contribution in [0, 0.1) is 5.82 Å². The molecule has 0 radical (unpaired) electrons. The van der Waals surface area contributed by atoms with Gasteiger partial charge in [0.25, 0.3) is 0 Å². The summed E-state index contributed by atoms with van der Waals surface area (Å²) < 4.78 is 13.2. The second-order valence-electron chi connectivity index (χ2n) is 4.12. The fraction of sp³-hybridized carbons (Fsp3) is 0.417. The van der Waals surface area contributed by atoms with E-state index in [0.29, 0.717) is 17.0 Å². The smallest absolute Gasteiger partial charge is 0.338 e. The molecule has 0 aromatic heterocycles. The van der Waals surface area contributed by atoms with E-state index < -0.39 is 11.8 Å². The summed E-state index contributed by atoms with van der Waals surface area (Å²) in [5.74, 6) is -0.830. The van der Waals surface area contributed by atoms with Crippen molar-refractivity contribution < 1.29 is 14.3 Å². The van der Waals surface area contributed by atoms with Crippen LogP contribution < -0.4 is 5.32 Å². The number of carboxylic acid groups (broad SMARTS) is 1. The molecule has 2 atom stereocenters. The summed E-state index contributed by atoms with van der Waals surface area (Å²) >= 11 is 1.89. The van der Waals surface area contributed by atoms with Crippen LogP contribution in [0.4, 0.5) is 10.1 Å². The van der Waals surface area contributed by atoms with Crippen LogP contribution in [-0.4, -0.2) is 28.1 Å². The Balaban J connectivity index is 2.16. The van der Waals surface area contributed by atoms with Gasteiger partial charge in [0.2, 0.25) is 0 Å². The van der Waals surface area contributed by atoms with Crippen LogP contribution in [0.2, 0.25) is 0 Å². The summed E-state index contributed by atoms with van der Waals surface area (Å²) in [4.78, 5) is 10.8. The molecular weight excluding hydrogens is 241 g/mol. The zero-order chi connectivity index (χ0) is 12.4. The van der Waals surface area contributed by atoms with Gasteiger partial charge in [0.1, 0.15) is 5.82 Å². The van der Waals surface area contributed by atoms with Crippen LogP contribution in [0.5, 0.6) is 0 Å². The summed E-state index contributed by atoms with van der Waals surface area (Å²) in [6.45, 7) is 2.14. The number of carboxylic acids is 1. The fourth-order valence-electron chi connectivity index (χ4n) is 1.91. The van der Waals surface area contributed by atoms with Gasteiger partial charge in [0, 0.05) is 17.0 Å². The van der Waals surface area contributed by atoms with Crippen LogP contribution in [-0.2, 0) is 0 Å². The minimum atomic E-state index is -1.24. The third kappa shape index (κ3) is 2.72. The number of benzene rings is 1. The van der Waals surface area contributed by atoms with Crippen molar-refractivity contribution in [1.82, 2.24) is 0 Å². The average molecular weight is 255 g/mol. The fourth-order valence-corrected chi connectivity index (χ4v) is 3.11. The third-order valence-corrected chi connectivity index (χ3v) is 4.25. The quantitative estimate of drug-likeness (QED) is 0.872. The van der Waals surface area contributed by atoms with E-state index in [0.717, 1.165) is 12.2 Å². The molecule has 17 heavy (non-hydrogen) atoms. The normalized spacial score (nSPS) is 23.6. The predicted octanol–water partition coefficient (Wildman–Crippen LogP) is 2.83. The van der Waals surface area contributed by atoms with Crippen molar-refractivity contribution in [3.05, 3.63) is 29.6 Å². The molecule has 3 nitrogen and oxygen atoms in total. The maximum Gasteiger partial charge on any atom is 0.338 e. The van der Waals surface area contributed by atoms with Crippen LogP contribution >= 0.6 is 11.8 Å². The van der Waals surface area contributed by atoms with Gasteiger partial charge in [-0.25, -0.2) is 9.18 Å². The van der Waals surface area contributed by atoms with Crippen LogP contribution in [0.15, 0.2) is 18.2 Å². The second-order valence-corrected chi connectivity index (χ2v) is 5.60. The van der Waals surface area contributed by atoms with Crippen molar-refractivity contribution in [2.45, 2.75) is 24.6 Å². The summed E-state index contributed by atoms with van der Waals surface area (Å²) in [6, 6.07) is 4.45. The number of hydrogen-bond donors (Lipinski definition) is 2. The molecule has 0 bridgehead atoms. The summed E-state index contributed by atoms with van der Waals surface area (Å²) in [5.41, 5.74) is 0.386. The SMILES string of the molecule is CC1SCCC1Nc1ccc(F)c(C(=O)O)c1. The minimum absolute atomic E-state index is 0.284. The monoisotopic (exact) mass is 255 g/mol. The van der Waals surface area contributed by atoms with Gasteiger partial charge in [-0.1, -0.05) is 6.92 Å². The second kappa shape index (κ2) is 4.96. The van der Waals surface area contributed by atoms with Crippen molar-refractivity contribution in [3.8, 4) is 0 Å². The number of anilines is 1. The maximum atomic E-state index is 13.2. The molecule has 1 fully saturated rings. The first-order chi connectivity index (χ1) is 8.08. The van der Waals surface area contributed by atoms with Gasteiger partial charge in [-0.2, -0.15) is 11.8 Å². The number of thioether (sulfide) groups is 1. The number of carbonyl (C=O) groups is 1. The van der Waals surface area contributed by atoms with E-state index in [1.165, 1.54) is 12.1 Å². The lowest BCUT2D eigenvalue weighted by molar-refractivity contribution is 0.0692. The summed E-state index contributed by atoms with van der Waals surface area (Å²) in [5, 5.41) is 12.6. The van der Waals surface area contributed by atoms with Gasteiger partial charge in [0.05, 0.1) is 5.56 Å². The van der Waals surface area contributed by atoms with Crippen LogP contribution in [0.3, 0.4) is 0 Å². The van der Waals surface area contributed by atoms with Gasteiger partial charge >= 0.3 is 5.97 Å². The van der Waals surface area contributed by atoms with Gasteiger partial charge in [-0.05, 0) is 30.4 Å². The van der Waals surface area contributed by atoms with E-state index in [1.807, 2.05) is 11.8 Å². The molecule has 2 rings (SSSR count). The number of hydrogen-bond acceptors (Lipinski definition) is 3. The Morgan fingerprint density at radius 2 is 2.35 bits per heavy atom. The molecule has 1 aromatic carbocycles. The standard InChI is InChI=1S/C12H14FNO2S/c1-7-11(4-5-17-7)14-8-2-3-10(13)9(6-8)12(15)16/h2-3,6-7,11,14H,4-5H2,1H3,(H,15,16). The van der Waals surface area contributed by atoms with Crippen LogP contribution in [0.1, 0.15) is 23.7 Å². The first kappa shape index (κ1) is 12.2. The van der Waals surface area contributed by atoms with Crippen molar-refractivity contribution in [2.24, 2.45) is 0 Å². The summed E-state index contributed by atoms with van der Waals surface area (Å²) in [7, 11) is 0. The van der Waals surface area contributed by atoms with E-state index in [2.05, 4.69) is 12.2 Å². The van der Waals surface area contributed by atoms with Gasteiger partial charge in [0.15, 0.2) is 0 Å². The molecule has 1 saturated heterocycles. The predicted molar refractivity (Wildman–Crippen MR) is 67.3 cm³/mol. The number of rotatable bonds is 3. The Kier molecular flexibility index (Phi) is 3.57. The highest BCUT2D eigenvalue weighted by Gasteiger charge is 2.24. The molecule has 1 aromatic rings. The van der Waals surface area contributed by atoms with Crippen molar-refractivity contribution in [2.75, 3.05) is 11.1 Å². The molecular formula is C12H14FNO2S. The molecule has 1 aliphatic rings. The molecule has 0 saturated carbocycles.